The first-order valence-electron chi connectivity index (χ1n) is 6.08. The molecular formula is C13H19BrN2. The van der Waals surface area contributed by atoms with Crippen LogP contribution in [0.4, 0.5) is 0 Å². The van der Waals surface area contributed by atoms with Crippen LogP contribution >= 0.6 is 15.9 Å². The number of rotatable bonds is 6. The van der Waals surface area contributed by atoms with E-state index in [0.717, 1.165) is 23.5 Å². The van der Waals surface area contributed by atoms with Crippen molar-refractivity contribution in [2.24, 2.45) is 5.92 Å². The van der Waals surface area contributed by atoms with Gasteiger partial charge in [-0.2, -0.15) is 0 Å². The van der Waals surface area contributed by atoms with Gasteiger partial charge in [-0.3, -0.25) is 4.98 Å². The Labute approximate surface area is 106 Å². The Morgan fingerprint density at radius 1 is 1.50 bits per heavy atom. The summed E-state index contributed by atoms with van der Waals surface area (Å²) in [5, 5.41) is 3.55. The highest BCUT2D eigenvalue weighted by Crippen LogP contribution is 2.19. The highest BCUT2D eigenvalue weighted by Gasteiger charge is 2.19. The molecule has 2 rings (SSSR count). The number of nitrogens with one attached hydrogen (secondary N) is 1. The molecule has 1 fully saturated rings. The molecule has 0 radical (unpaired) electrons. The van der Waals surface area contributed by atoms with E-state index in [4.69, 9.17) is 0 Å². The zero-order valence-electron chi connectivity index (χ0n) is 9.75. The molecule has 3 heteroatoms. The molecule has 2 nitrogen and oxygen atoms in total. The van der Waals surface area contributed by atoms with E-state index < -0.39 is 0 Å². The lowest BCUT2D eigenvalue weighted by Gasteiger charge is -2.11. The number of aromatic nitrogens is 1. The molecule has 0 bridgehead atoms. The molecule has 0 saturated heterocycles. The highest BCUT2D eigenvalue weighted by atomic mass is 79.9. The van der Waals surface area contributed by atoms with Crippen LogP contribution in [0.25, 0.3) is 0 Å². The molecule has 0 amide bonds. The Balaban J connectivity index is 1.68. The summed E-state index contributed by atoms with van der Waals surface area (Å²) in [5.41, 5.74) is 1.20. The van der Waals surface area contributed by atoms with Gasteiger partial charge in [0.2, 0.25) is 0 Å². The smallest absolute Gasteiger partial charge is 0.0413 e. The number of hydrogen-bond acceptors (Lipinski definition) is 2. The third-order valence-electron chi connectivity index (χ3n) is 2.99. The molecule has 1 aromatic rings. The number of nitrogens with zero attached hydrogens (tertiary/aromatic N) is 1. The lowest BCUT2D eigenvalue weighted by Crippen LogP contribution is -2.20. The van der Waals surface area contributed by atoms with Gasteiger partial charge in [-0.25, -0.2) is 0 Å². The zero-order valence-corrected chi connectivity index (χ0v) is 11.3. The first kappa shape index (κ1) is 12.1. The van der Waals surface area contributed by atoms with E-state index in [-0.39, 0.29) is 0 Å². The van der Waals surface area contributed by atoms with E-state index in [1.807, 2.05) is 6.20 Å². The minimum atomic E-state index is 0.708. The monoisotopic (exact) mass is 282 g/mol. The molecule has 1 aliphatic rings. The second-order valence-corrected chi connectivity index (χ2v) is 5.71. The van der Waals surface area contributed by atoms with Crippen molar-refractivity contribution in [1.29, 1.82) is 0 Å². The third-order valence-corrected chi connectivity index (χ3v) is 3.46. The maximum atomic E-state index is 4.41. The maximum Gasteiger partial charge on any atom is 0.0413 e. The summed E-state index contributed by atoms with van der Waals surface area (Å²) in [7, 11) is 0. The molecule has 16 heavy (non-hydrogen) atoms. The third kappa shape index (κ3) is 4.22. The van der Waals surface area contributed by atoms with E-state index in [1.54, 1.807) is 0 Å². The van der Waals surface area contributed by atoms with E-state index in [9.17, 15) is 0 Å². The summed E-state index contributed by atoms with van der Waals surface area (Å²) in [4.78, 5) is 4.41. The zero-order chi connectivity index (χ0) is 11.4. The lowest BCUT2D eigenvalue weighted by molar-refractivity contribution is 0.493. The molecule has 1 N–H and O–H groups in total. The Morgan fingerprint density at radius 3 is 2.94 bits per heavy atom. The molecule has 1 atom stereocenters. The average Bonchev–Trinajstić information content (AvgIpc) is 3.05. The van der Waals surface area contributed by atoms with Gasteiger partial charge >= 0.3 is 0 Å². The van der Waals surface area contributed by atoms with Gasteiger partial charge in [0, 0.05) is 22.4 Å². The molecule has 1 aromatic heterocycles. The van der Waals surface area contributed by atoms with Gasteiger partial charge in [0.15, 0.2) is 0 Å². The van der Waals surface area contributed by atoms with Crippen LogP contribution in [-0.4, -0.2) is 17.6 Å². The predicted octanol–water partition coefficient (Wildman–Crippen LogP) is 3.16. The second kappa shape index (κ2) is 5.78. The fourth-order valence-corrected chi connectivity index (χ4v) is 2.04. The number of hydrogen-bond donors (Lipinski definition) is 1. The largest absolute Gasteiger partial charge is 0.314 e. The Kier molecular flexibility index (Phi) is 4.36. The van der Waals surface area contributed by atoms with Gasteiger partial charge in [-0.1, -0.05) is 6.92 Å². The van der Waals surface area contributed by atoms with Crippen molar-refractivity contribution in [2.45, 2.75) is 38.6 Å². The van der Waals surface area contributed by atoms with Crippen LogP contribution in [0.15, 0.2) is 22.8 Å². The van der Waals surface area contributed by atoms with Crippen LogP contribution in [0.1, 0.15) is 31.9 Å². The molecule has 1 aliphatic carbocycles. The van der Waals surface area contributed by atoms with Crippen molar-refractivity contribution in [3.8, 4) is 0 Å². The van der Waals surface area contributed by atoms with Crippen molar-refractivity contribution in [2.75, 3.05) is 6.54 Å². The normalized spacial score (nSPS) is 17.4. The van der Waals surface area contributed by atoms with E-state index >= 15 is 0 Å². The first-order valence-corrected chi connectivity index (χ1v) is 6.87. The van der Waals surface area contributed by atoms with Crippen LogP contribution < -0.4 is 5.32 Å². The molecule has 1 saturated carbocycles. The summed E-state index contributed by atoms with van der Waals surface area (Å²) in [5.74, 6) is 0.708. The molecular weight excluding hydrogens is 264 g/mol. The second-order valence-electron chi connectivity index (χ2n) is 4.79. The topological polar surface area (TPSA) is 24.9 Å². The quantitative estimate of drug-likeness (QED) is 0.867. The lowest BCUT2D eigenvalue weighted by atomic mass is 10.0. The summed E-state index contributed by atoms with van der Waals surface area (Å²) < 4.78 is 1.05. The van der Waals surface area contributed by atoms with Gasteiger partial charge in [-0.05, 0) is 66.2 Å². The van der Waals surface area contributed by atoms with Gasteiger partial charge in [-0.15, -0.1) is 0 Å². The molecule has 0 aliphatic heterocycles. The van der Waals surface area contributed by atoms with E-state index in [1.165, 1.54) is 25.0 Å². The fraction of sp³-hybridized carbons (Fsp3) is 0.615. The predicted molar refractivity (Wildman–Crippen MR) is 70.4 cm³/mol. The van der Waals surface area contributed by atoms with Gasteiger partial charge in [0.1, 0.15) is 0 Å². The Hall–Kier alpha value is -0.410. The minimum absolute atomic E-state index is 0.708. The van der Waals surface area contributed by atoms with Gasteiger partial charge in [0.05, 0.1) is 0 Å². The van der Waals surface area contributed by atoms with Crippen LogP contribution in [-0.2, 0) is 6.42 Å². The molecule has 1 heterocycles. The molecule has 1 unspecified atom stereocenters. The summed E-state index contributed by atoms with van der Waals surface area (Å²) in [6.07, 6.45) is 6.96. The summed E-state index contributed by atoms with van der Waals surface area (Å²) >= 11 is 3.40. The van der Waals surface area contributed by atoms with Crippen molar-refractivity contribution in [3.05, 3.63) is 28.5 Å². The van der Waals surface area contributed by atoms with Crippen molar-refractivity contribution >= 4 is 15.9 Å². The molecule has 88 valence electrons. The van der Waals surface area contributed by atoms with E-state index in [0.29, 0.717) is 5.92 Å². The summed E-state index contributed by atoms with van der Waals surface area (Å²) in [6.45, 7) is 3.46. The Bertz CT molecular complexity index is 319. The average molecular weight is 283 g/mol. The van der Waals surface area contributed by atoms with Crippen LogP contribution in [0.2, 0.25) is 0 Å². The van der Waals surface area contributed by atoms with Gasteiger partial charge in [0.25, 0.3) is 0 Å². The molecule has 0 aromatic carbocycles. The number of halogens is 1. The van der Waals surface area contributed by atoms with E-state index in [2.05, 4.69) is 45.3 Å². The summed E-state index contributed by atoms with van der Waals surface area (Å²) in [6, 6.07) is 5.00. The molecule has 0 spiro atoms. The van der Waals surface area contributed by atoms with Crippen molar-refractivity contribution in [3.63, 3.8) is 0 Å². The van der Waals surface area contributed by atoms with Crippen molar-refractivity contribution in [1.82, 2.24) is 10.3 Å². The highest BCUT2D eigenvalue weighted by molar-refractivity contribution is 9.10. The first-order chi connectivity index (χ1) is 7.74. The fourth-order valence-electron chi connectivity index (χ4n) is 1.81. The Morgan fingerprint density at radius 2 is 2.31 bits per heavy atom. The van der Waals surface area contributed by atoms with Crippen LogP contribution in [0, 0.1) is 5.92 Å². The number of pyridine rings is 1. The minimum Gasteiger partial charge on any atom is -0.314 e. The SMILES string of the molecule is CC(CCNC1CC1)Cc1ccc(Br)cn1. The maximum absolute atomic E-state index is 4.41. The van der Waals surface area contributed by atoms with Crippen LogP contribution in [0.3, 0.4) is 0 Å². The van der Waals surface area contributed by atoms with Crippen LogP contribution in [0.5, 0.6) is 0 Å². The standard InChI is InChI=1S/C13H19BrN2/c1-10(6-7-15-12-4-5-12)8-13-3-2-11(14)9-16-13/h2-3,9-10,12,15H,4-8H2,1H3. The van der Waals surface area contributed by atoms with Crippen molar-refractivity contribution < 1.29 is 0 Å². The van der Waals surface area contributed by atoms with Gasteiger partial charge < -0.3 is 5.32 Å².